The normalized spacial score (nSPS) is 18.2. The van der Waals surface area contributed by atoms with Crippen molar-refractivity contribution in [3.05, 3.63) is 76.2 Å². The van der Waals surface area contributed by atoms with Crippen LogP contribution >= 0.6 is 11.3 Å². The molecule has 0 atom stereocenters. The van der Waals surface area contributed by atoms with Gasteiger partial charge in [0, 0.05) is 51.0 Å². The Labute approximate surface area is 188 Å². The maximum Gasteiger partial charge on any atom is 0.137 e. The second-order valence-electron chi connectivity index (χ2n) is 8.41. The number of piperidine rings is 1. The van der Waals surface area contributed by atoms with E-state index in [9.17, 15) is 0 Å². The molecular formula is C25H29N3O2S. The topological polar surface area (TPSA) is 37.8 Å². The molecule has 0 saturated carbocycles. The fourth-order valence-corrected chi connectivity index (χ4v) is 5.09. The molecule has 0 amide bonds. The van der Waals surface area contributed by atoms with Crippen LogP contribution in [0, 0.1) is 0 Å². The summed E-state index contributed by atoms with van der Waals surface area (Å²) >= 11 is 1.77. The van der Waals surface area contributed by atoms with E-state index in [1.165, 1.54) is 16.7 Å². The number of nitrogens with zero attached hydrogens (tertiary/aromatic N) is 3. The largest absolute Gasteiger partial charge is 0.492 e. The van der Waals surface area contributed by atoms with E-state index >= 15 is 0 Å². The Morgan fingerprint density at radius 3 is 2.74 bits per heavy atom. The van der Waals surface area contributed by atoms with Crippen LogP contribution in [0.15, 0.2) is 59.6 Å². The van der Waals surface area contributed by atoms with Crippen molar-refractivity contribution in [1.82, 2.24) is 14.8 Å². The number of thiophene rings is 1. The van der Waals surface area contributed by atoms with Gasteiger partial charge in [0.1, 0.15) is 24.2 Å². The van der Waals surface area contributed by atoms with Crippen LogP contribution in [0.25, 0.3) is 0 Å². The fraction of sp³-hybridized carbons (Fsp3) is 0.400. The van der Waals surface area contributed by atoms with E-state index in [4.69, 9.17) is 9.47 Å². The lowest BCUT2D eigenvalue weighted by Gasteiger charge is -2.32. The number of hydrogen-bond donors (Lipinski definition) is 0. The van der Waals surface area contributed by atoms with Crippen LogP contribution in [0.1, 0.15) is 29.5 Å². The monoisotopic (exact) mass is 435 g/mol. The van der Waals surface area contributed by atoms with E-state index in [2.05, 4.69) is 49.8 Å². The zero-order chi connectivity index (χ0) is 20.9. The molecule has 5 nitrogen and oxygen atoms in total. The Hall–Kier alpha value is -2.41. The first-order chi connectivity index (χ1) is 15.3. The van der Waals surface area contributed by atoms with Crippen LogP contribution in [-0.2, 0) is 19.6 Å². The molecule has 2 aliphatic rings. The van der Waals surface area contributed by atoms with Gasteiger partial charge in [0.05, 0.1) is 6.20 Å². The van der Waals surface area contributed by atoms with E-state index in [0.717, 1.165) is 70.2 Å². The molecule has 0 spiro atoms. The molecule has 0 aliphatic carbocycles. The van der Waals surface area contributed by atoms with Gasteiger partial charge in [-0.05, 0) is 65.1 Å². The molecule has 2 aromatic heterocycles. The van der Waals surface area contributed by atoms with Gasteiger partial charge in [-0.1, -0.05) is 6.07 Å². The minimum absolute atomic E-state index is 0.284. The highest BCUT2D eigenvalue weighted by Crippen LogP contribution is 2.27. The SMILES string of the molecule is c1cncc(OC2CCN(Cc3ccc4c(c3)CN(Cc3ccsc3)CCO4)CC2)c1. The van der Waals surface area contributed by atoms with Crippen molar-refractivity contribution in [2.75, 3.05) is 26.2 Å². The maximum absolute atomic E-state index is 6.09. The number of ether oxygens (including phenoxy) is 2. The lowest BCUT2D eigenvalue weighted by atomic mass is 10.0. The Kier molecular flexibility index (Phi) is 6.48. The molecule has 4 heterocycles. The van der Waals surface area contributed by atoms with Crippen molar-refractivity contribution in [3.63, 3.8) is 0 Å². The van der Waals surface area contributed by atoms with Gasteiger partial charge in [-0.25, -0.2) is 0 Å². The molecule has 0 radical (unpaired) electrons. The zero-order valence-corrected chi connectivity index (χ0v) is 18.6. The molecule has 1 aromatic carbocycles. The number of rotatable bonds is 6. The first-order valence-corrected chi connectivity index (χ1v) is 12.0. The van der Waals surface area contributed by atoms with Gasteiger partial charge in [0.2, 0.25) is 0 Å². The molecule has 2 aliphatic heterocycles. The number of fused-ring (bicyclic) bond motifs is 1. The Balaban J connectivity index is 1.17. The van der Waals surface area contributed by atoms with Crippen molar-refractivity contribution in [2.45, 2.75) is 38.6 Å². The molecule has 1 saturated heterocycles. The molecule has 0 N–H and O–H groups in total. The number of benzene rings is 1. The van der Waals surface area contributed by atoms with Gasteiger partial charge < -0.3 is 9.47 Å². The highest BCUT2D eigenvalue weighted by molar-refractivity contribution is 7.07. The summed E-state index contributed by atoms with van der Waals surface area (Å²) in [6.07, 6.45) is 5.97. The molecule has 3 aromatic rings. The van der Waals surface area contributed by atoms with Gasteiger partial charge in [-0.3, -0.25) is 14.8 Å². The third kappa shape index (κ3) is 5.45. The van der Waals surface area contributed by atoms with Crippen molar-refractivity contribution < 1.29 is 9.47 Å². The van der Waals surface area contributed by atoms with Gasteiger partial charge in [-0.15, -0.1) is 0 Å². The van der Waals surface area contributed by atoms with Crippen LogP contribution in [-0.4, -0.2) is 47.1 Å². The quantitative estimate of drug-likeness (QED) is 0.567. The lowest BCUT2D eigenvalue weighted by Crippen LogP contribution is -2.37. The second-order valence-corrected chi connectivity index (χ2v) is 9.19. The number of likely N-dealkylation sites (tertiary alicyclic amines) is 1. The molecular weight excluding hydrogens is 406 g/mol. The van der Waals surface area contributed by atoms with E-state index in [1.54, 1.807) is 23.7 Å². The molecule has 0 bridgehead atoms. The van der Waals surface area contributed by atoms with Crippen LogP contribution in [0.4, 0.5) is 0 Å². The summed E-state index contributed by atoms with van der Waals surface area (Å²) in [5, 5.41) is 4.39. The first kappa shape index (κ1) is 20.5. The minimum atomic E-state index is 0.284. The van der Waals surface area contributed by atoms with Crippen LogP contribution < -0.4 is 9.47 Å². The van der Waals surface area contributed by atoms with Gasteiger partial charge in [0.15, 0.2) is 0 Å². The van der Waals surface area contributed by atoms with Gasteiger partial charge in [-0.2, -0.15) is 11.3 Å². The first-order valence-electron chi connectivity index (χ1n) is 11.1. The van der Waals surface area contributed by atoms with Crippen LogP contribution in [0.2, 0.25) is 0 Å². The molecule has 0 unspecified atom stereocenters. The Morgan fingerprint density at radius 2 is 1.94 bits per heavy atom. The average molecular weight is 436 g/mol. The smallest absolute Gasteiger partial charge is 0.137 e. The highest BCUT2D eigenvalue weighted by Gasteiger charge is 2.22. The summed E-state index contributed by atoms with van der Waals surface area (Å²) in [4.78, 5) is 9.16. The molecule has 162 valence electrons. The van der Waals surface area contributed by atoms with E-state index in [0.29, 0.717) is 0 Å². The summed E-state index contributed by atoms with van der Waals surface area (Å²) in [5.74, 6) is 1.92. The van der Waals surface area contributed by atoms with Crippen molar-refractivity contribution in [1.29, 1.82) is 0 Å². The summed E-state index contributed by atoms with van der Waals surface area (Å²) in [6.45, 7) is 6.75. The minimum Gasteiger partial charge on any atom is -0.492 e. The summed E-state index contributed by atoms with van der Waals surface area (Å²) in [6, 6.07) is 12.9. The summed E-state index contributed by atoms with van der Waals surface area (Å²) < 4.78 is 12.1. The van der Waals surface area contributed by atoms with Crippen LogP contribution in [0.3, 0.4) is 0 Å². The average Bonchev–Trinajstić information content (AvgIpc) is 3.22. The summed E-state index contributed by atoms with van der Waals surface area (Å²) in [7, 11) is 0. The number of aromatic nitrogens is 1. The zero-order valence-electron chi connectivity index (χ0n) is 17.8. The molecule has 6 heteroatoms. The Bertz CT molecular complexity index is 956. The van der Waals surface area contributed by atoms with E-state index in [-0.39, 0.29) is 6.10 Å². The molecule has 5 rings (SSSR count). The predicted molar refractivity (Wildman–Crippen MR) is 124 cm³/mol. The third-order valence-electron chi connectivity index (χ3n) is 6.05. The Morgan fingerprint density at radius 1 is 1.03 bits per heavy atom. The number of hydrogen-bond acceptors (Lipinski definition) is 6. The molecule has 1 fully saturated rings. The van der Waals surface area contributed by atoms with Crippen molar-refractivity contribution in [2.24, 2.45) is 0 Å². The third-order valence-corrected chi connectivity index (χ3v) is 6.78. The van der Waals surface area contributed by atoms with Gasteiger partial charge in [0.25, 0.3) is 0 Å². The van der Waals surface area contributed by atoms with E-state index in [1.807, 2.05) is 12.1 Å². The standard InChI is InChI=1S/C25H29N3O2S/c1-2-24(15-26-8-1)30-23-5-9-27(10-6-23)16-20-3-4-25-22(14-20)18-28(11-12-29-25)17-21-7-13-31-19-21/h1-4,7-8,13-15,19,23H,5-6,9-12,16-18H2. The second kappa shape index (κ2) is 9.81. The highest BCUT2D eigenvalue weighted by atomic mass is 32.1. The van der Waals surface area contributed by atoms with E-state index < -0.39 is 0 Å². The lowest BCUT2D eigenvalue weighted by molar-refractivity contribution is 0.0965. The van der Waals surface area contributed by atoms with Gasteiger partial charge >= 0.3 is 0 Å². The molecule has 31 heavy (non-hydrogen) atoms. The number of pyridine rings is 1. The summed E-state index contributed by atoms with van der Waals surface area (Å²) in [5.41, 5.74) is 4.06. The van der Waals surface area contributed by atoms with Crippen LogP contribution in [0.5, 0.6) is 11.5 Å². The predicted octanol–water partition coefficient (Wildman–Crippen LogP) is 4.58. The maximum atomic E-state index is 6.09. The fourth-order valence-electron chi connectivity index (χ4n) is 4.43. The van der Waals surface area contributed by atoms with Crippen molar-refractivity contribution >= 4 is 11.3 Å². The van der Waals surface area contributed by atoms with Crippen molar-refractivity contribution in [3.8, 4) is 11.5 Å².